The van der Waals surface area contributed by atoms with Gasteiger partial charge in [-0.2, -0.15) is 4.98 Å². The van der Waals surface area contributed by atoms with Crippen molar-refractivity contribution in [3.05, 3.63) is 18.3 Å². The fraction of sp³-hybridized carbons (Fsp3) is 0.333. The molecule has 2 aromatic rings. The molecule has 0 atom stereocenters. The number of rotatable bonds is 4. The average molecular weight is 227 g/mol. The van der Waals surface area contributed by atoms with Gasteiger partial charge in [-0.3, -0.25) is 5.10 Å². The molecule has 0 saturated heterocycles. The number of nitrogens with one attached hydrogen (secondary N) is 2. The van der Waals surface area contributed by atoms with Crippen LogP contribution in [-0.2, 0) is 7.05 Å². The molecule has 2 aromatic heterocycles. The second-order valence-corrected chi connectivity index (χ2v) is 3.28. The van der Waals surface area contributed by atoms with E-state index in [0.29, 0.717) is 5.82 Å². The van der Waals surface area contributed by atoms with Crippen LogP contribution in [0.1, 0.15) is 0 Å². The van der Waals surface area contributed by atoms with Gasteiger partial charge in [-0.1, -0.05) is 0 Å². The number of nitrogens with zero attached hydrogens (tertiary/aromatic N) is 3. The molecule has 0 unspecified atom stereocenters. The fourth-order valence-corrected chi connectivity index (χ4v) is 1.33. The summed E-state index contributed by atoms with van der Waals surface area (Å²) >= 11 is 0. The molecule has 0 aliphatic rings. The van der Waals surface area contributed by atoms with Gasteiger partial charge in [0.15, 0.2) is 5.82 Å². The number of aromatic amines is 1. The van der Waals surface area contributed by atoms with Crippen molar-refractivity contribution in [2.24, 2.45) is 7.05 Å². The Morgan fingerprint density at radius 1 is 1.56 bits per heavy atom. The van der Waals surface area contributed by atoms with Crippen molar-refractivity contribution < 1.29 is 8.78 Å². The van der Waals surface area contributed by atoms with Gasteiger partial charge >= 0.3 is 0 Å². The summed E-state index contributed by atoms with van der Waals surface area (Å²) in [5.74, 6) is 0.723. The summed E-state index contributed by atoms with van der Waals surface area (Å²) in [5.41, 5.74) is 0.845. The average Bonchev–Trinajstić information content (AvgIpc) is 2.83. The van der Waals surface area contributed by atoms with Gasteiger partial charge in [0.1, 0.15) is 0 Å². The maximum atomic E-state index is 11.9. The lowest BCUT2D eigenvalue weighted by molar-refractivity contribution is 0.163. The number of aryl methyl sites for hydroxylation is 1. The van der Waals surface area contributed by atoms with Crippen molar-refractivity contribution in [1.82, 2.24) is 19.7 Å². The molecule has 7 heteroatoms. The molecule has 5 nitrogen and oxygen atoms in total. The minimum Gasteiger partial charge on any atom is -0.348 e. The SMILES string of the molecule is Cn1cccc1-c1nc(NCC(F)F)n[nH]1. The van der Waals surface area contributed by atoms with Gasteiger partial charge in [0.25, 0.3) is 6.43 Å². The number of hydrogen-bond acceptors (Lipinski definition) is 3. The molecule has 2 rings (SSSR count). The molecule has 2 N–H and O–H groups in total. The standard InChI is InChI=1S/C9H11F2N5/c1-16-4-2-3-6(16)8-13-9(15-14-8)12-5-7(10)11/h2-4,7H,5H2,1H3,(H2,12,13,14,15). The molecule has 0 aliphatic carbocycles. The molecule has 0 aliphatic heterocycles. The Kier molecular flexibility index (Phi) is 2.84. The third kappa shape index (κ3) is 2.18. The molecule has 2 heterocycles. The number of aromatic nitrogens is 4. The molecule has 0 bridgehead atoms. The lowest BCUT2D eigenvalue weighted by atomic mass is 10.4. The molecular formula is C9H11F2N5. The van der Waals surface area contributed by atoms with Crippen LogP contribution < -0.4 is 5.32 Å². The Bertz CT molecular complexity index is 462. The van der Waals surface area contributed by atoms with Gasteiger partial charge in [0.2, 0.25) is 5.95 Å². The minimum absolute atomic E-state index is 0.177. The van der Waals surface area contributed by atoms with Gasteiger partial charge in [0.05, 0.1) is 12.2 Å². The summed E-state index contributed by atoms with van der Waals surface area (Å²) in [6.45, 7) is -0.454. The highest BCUT2D eigenvalue weighted by atomic mass is 19.3. The lowest BCUT2D eigenvalue weighted by Crippen LogP contribution is -2.11. The maximum Gasteiger partial charge on any atom is 0.255 e. The summed E-state index contributed by atoms with van der Waals surface area (Å²) in [4.78, 5) is 4.05. The first-order valence-corrected chi connectivity index (χ1v) is 4.73. The highest BCUT2D eigenvalue weighted by Crippen LogP contribution is 2.15. The summed E-state index contributed by atoms with van der Waals surface area (Å²) in [6, 6.07) is 3.72. The molecule has 86 valence electrons. The van der Waals surface area contributed by atoms with Crippen molar-refractivity contribution in [3.63, 3.8) is 0 Å². The monoisotopic (exact) mass is 227 g/mol. The topological polar surface area (TPSA) is 58.5 Å². The van der Waals surface area contributed by atoms with E-state index in [-0.39, 0.29) is 5.95 Å². The third-order valence-electron chi connectivity index (χ3n) is 2.09. The van der Waals surface area contributed by atoms with Crippen LogP contribution in [0.15, 0.2) is 18.3 Å². The van der Waals surface area contributed by atoms with Gasteiger partial charge in [-0.15, -0.1) is 5.10 Å². The van der Waals surface area contributed by atoms with Crippen LogP contribution in [0.3, 0.4) is 0 Å². The molecule has 0 saturated carbocycles. The maximum absolute atomic E-state index is 11.9. The number of alkyl halides is 2. The van der Waals surface area contributed by atoms with Crippen LogP contribution >= 0.6 is 0 Å². The number of H-pyrrole nitrogens is 1. The van der Waals surface area contributed by atoms with E-state index < -0.39 is 13.0 Å². The van der Waals surface area contributed by atoms with Crippen molar-refractivity contribution in [2.45, 2.75) is 6.43 Å². The van der Waals surface area contributed by atoms with Gasteiger partial charge in [-0.05, 0) is 12.1 Å². The molecule has 0 spiro atoms. The van der Waals surface area contributed by atoms with Crippen LogP contribution in [-0.4, -0.2) is 32.7 Å². The Labute approximate surface area is 90.5 Å². The number of hydrogen-bond donors (Lipinski definition) is 2. The highest BCUT2D eigenvalue weighted by Gasteiger charge is 2.09. The quantitative estimate of drug-likeness (QED) is 0.831. The van der Waals surface area contributed by atoms with E-state index >= 15 is 0 Å². The molecule has 0 amide bonds. The first-order chi connectivity index (χ1) is 7.66. The number of anilines is 1. The van der Waals surface area contributed by atoms with E-state index in [1.165, 1.54) is 0 Å². The second-order valence-electron chi connectivity index (χ2n) is 3.28. The van der Waals surface area contributed by atoms with E-state index in [1.807, 2.05) is 29.9 Å². The zero-order chi connectivity index (χ0) is 11.5. The molecule has 16 heavy (non-hydrogen) atoms. The predicted molar refractivity (Wildman–Crippen MR) is 55.3 cm³/mol. The molecule has 0 radical (unpaired) electrons. The summed E-state index contributed by atoms with van der Waals surface area (Å²) in [5, 5.41) is 8.91. The summed E-state index contributed by atoms with van der Waals surface area (Å²) < 4.78 is 25.7. The highest BCUT2D eigenvalue weighted by molar-refractivity contribution is 5.51. The van der Waals surface area contributed by atoms with Gasteiger partial charge in [0, 0.05) is 13.2 Å². The van der Waals surface area contributed by atoms with Crippen molar-refractivity contribution in [1.29, 1.82) is 0 Å². The lowest BCUT2D eigenvalue weighted by Gasteiger charge is -1.99. The third-order valence-corrected chi connectivity index (χ3v) is 2.09. The van der Waals surface area contributed by atoms with Crippen LogP contribution in [0.5, 0.6) is 0 Å². The fourth-order valence-electron chi connectivity index (χ4n) is 1.33. The van der Waals surface area contributed by atoms with Crippen LogP contribution in [0.2, 0.25) is 0 Å². The summed E-state index contributed by atoms with van der Waals surface area (Å²) in [7, 11) is 1.87. The molecule has 0 aromatic carbocycles. The summed E-state index contributed by atoms with van der Waals surface area (Å²) in [6.07, 6.45) is -0.554. The van der Waals surface area contributed by atoms with Crippen molar-refractivity contribution in [2.75, 3.05) is 11.9 Å². The van der Waals surface area contributed by atoms with Crippen LogP contribution in [0.4, 0.5) is 14.7 Å². The van der Waals surface area contributed by atoms with Gasteiger partial charge < -0.3 is 9.88 Å². The molecular weight excluding hydrogens is 216 g/mol. The smallest absolute Gasteiger partial charge is 0.255 e. The largest absolute Gasteiger partial charge is 0.348 e. The van der Waals surface area contributed by atoms with E-state index in [0.717, 1.165) is 5.69 Å². The zero-order valence-electron chi connectivity index (χ0n) is 8.61. The van der Waals surface area contributed by atoms with Crippen molar-refractivity contribution >= 4 is 5.95 Å². The van der Waals surface area contributed by atoms with Crippen molar-refractivity contribution in [3.8, 4) is 11.5 Å². The zero-order valence-corrected chi connectivity index (χ0v) is 8.61. The minimum atomic E-state index is -2.42. The Hall–Kier alpha value is -1.92. The number of halogens is 2. The van der Waals surface area contributed by atoms with Gasteiger partial charge in [-0.25, -0.2) is 8.78 Å². The normalized spacial score (nSPS) is 11.0. The predicted octanol–water partition coefficient (Wildman–Crippen LogP) is 1.49. The van der Waals surface area contributed by atoms with E-state index in [9.17, 15) is 8.78 Å². The Balaban J connectivity index is 2.11. The van der Waals surface area contributed by atoms with E-state index in [2.05, 4.69) is 20.5 Å². The van der Waals surface area contributed by atoms with Crippen LogP contribution in [0, 0.1) is 0 Å². The first kappa shape index (κ1) is 10.6. The Morgan fingerprint density at radius 3 is 3.00 bits per heavy atom. The molecule has 0 fully saturated rings. The Morgan fingerprint density at radius 2 is 2.38 bits per heavy atom. The van der Waals surface area contributed by atoms with Crippen LogP contribution in [0.25, 0.3) is 11.5 Å². The van der Waals surface area contributed by atoms with E-state index in [4.69, 9.17) is 0 Å². The second kappa shape index (κ2) is 4.30. The first-order valence-electron chi connectivity index (χ1n) is 4.73. The van der Waals surface area contributed by atoms with E-state index in [1.54, 1.807) is 0 Å².